The van der Waals surface area contributed by atoms with Crippen LogP contribution in [0.15, 0.2) is 47.7 Å². The van der Waals surface area contributed by atoms with Crippen LogP contribution in [0, 0.1) is 19.8 Å². The summed E-state index contributed by atoms with van der Waals surface area (Å²) in [5, 5.41) is 0. The van der Waals surface area contributed by atoms with Gasteiger partial charge in [-0.25, -0.2) is 4.98 Å². The molecule has 0 N–H and O–H groups in total. The minimum Gasteiger partial charge on any atom is -0.477 e. The van der Waals surface area contributed by atoms with Crippen molar-refractivity contribution in [3.63, 3.8) is 0 Å². The van der Waals surface area contributed by atoms with Crippen LogP contribution in [0.5, 0.6) is 5.88 Å². The summed E-state index contributed by atoms with van der Waals surface area (Å²) in [6.45, 7) is 1.25. The first-order chi connectivity index (χ1) is 13.9. The van der Waals surface area contributed by atoms with Gasteiger partial charge in [-0.15, -0.1) is 0 Å². The SMILES string of the molecule is Cc1ccc([C@H]2C[C@@H]2COc2nc(C)ncc2-c2ccc(=O)n(C(F)F)c2)nc1. The molecule has 0 aliphatic heterocycles. The Morgan fingerprint density at radius 3 is 2.72 bits per heavy atom. The molecule has 0 spiro atoms. The van der Waals surface area contributed by atoms with E-state index >= 15 is 0 Å². The van der Waals surface area contributed by atoms with Gasteiger partial charge in [-0.3, -0.25) is 14.3 Å². The molecule has 3 aromatic rings. The number of aromatic nitrogens is 4. The van der Waals surface area contributed by atoms with Gasteiger partial charge in [0.15, 0.2) is 0 Å². The van der Waals surface area contributed by atoms with E-state index in [9.17, 15) is 13.6 Å². The lowest BCUT2D eigenvalue weighted by Crippen LogP contribution is -2.19. The molecule has 1 aliphatic rings. The molecule has 2 atom stereocenters. The lowest BCUT2D eigenvalue weighted by Gasteiger charge is -2.12. The van der Waals surface area contributed by atoms with E-state index in [4.69, 9.17) is 4.74 Å². The second kappa shape index (κ2) is 7.69. The molecule has 0 radical (unpaired) electrons. The Kier molecular flexibility index (Phi) is 5.08. The number of nitrogens with zero attached hydrogens (tertiary/aromatic N) is 4. The van der Waals surface area contributed by atoms with E-state index in [1.54, 1.807) is 6.92 Å². The van der Waals surface area contributed by atoms with E-state index in [0.29, 0.717) is 45.8 Å². The molecular weight excluding hydrogens is 378 g/mol. The molecule has 1 fully saturated rings. The van der Waals surface area contributed by atoms with Gasteiger partial charge in [0.25, 0.3) is 5.56 Å². The summed E-state index contributed by atoms with van der Waals surface area (Å²) in [5.74, 6) is 1.50. The lowest BCUT2D eigenvalue weighted by atomic mass is 10.1. The van der Waals surface area contributed by atoms with E-state index in [2.05, 4.69) is 15.0 Å². The zero-order chi connectivity index (χ0) is 20.5. The molecule has 0 aromatic carbocycles. The minimum absolute atomic E-state index is 0.319. The monoisotopic (exact) mass is 398 g/mol. The van der Waals surface area contributed by atoms with E-state index in [0.717, 1.165) is 29.9 Å². The van der Waals surface area contributed by atoms with Crippen molar-refractivity contribution in [3.05, 3.63) is 70.3 Å². The topological polar surface area (TPSA) is 69.9 Å². The Morgan fingerprint density at radius 2 is 2.00 bits per heavy atom. The predicted octanol–water partition coefficient (Wildman–Crippen LogP) is 3.89. The average molecular weight is 398 g/mol. The molecule has 0 saturated heterocycles. The van der Waals surface area contributed by atoms with Gasteiger partial charge < -0.3 is 4.74 Å². The Bertz CT molecular complexity index is 1080. The van der Waals surface area contributed by atoms with Crippen molar-refractivity contribution in [1.82, 2.24) is 19.5 Å². The third-order valence-electron chi connectivity index (χ3n) is 5.00. The van der Waals surface area contributed by atoms with Crippen LogP contribution >= 0.6 is 0 Å². The van der Waals surface area contributed by atoms with E-state index in [-0.39, 0.29) is 0 Å². The Hall–Kier alpha value is -3.16. The van der Waals surface area contributed by atoms with E-state index < -0.39 is 12.1 Å². The van der Waals surface area contributed by atoms with E-state index in [1.165, 1.54) is 12.3 Å². The molecule has 0 unspecified atom stereocenters. The molecule has 0 amide bonds. The van der Waals surface area contributed by atoms with Gasteiger partial charge in [0, 0.05) is 47.8 Å². The average Bonchev–Trinajstić information content (AvgIpc) is 3.47. The molecular formula is C21H20F2N4O2. The second-order valence-electron chi connectivity index (χ2n) is 7.25. The summed E-state index contributed by atoms with van der Waals surface area (Å²) in [6.07, 6.45) is 5.46. The smallest absolute Gasteiger partial charge is 0.321 e. The predicted molar refractivity (Wildman–Crippen MR) is 103 cm³/mol. The van der Waals surface area contributed by atoms with Gasteiger partial charge in [-0.2, -0.15) is 13.8 Å². The van der Waals surface area contributed by atoms with Crippen LogP contribution in [0.1, 0.15) is 36.0 Å². The Morgan fingerprint density at radius 1 is 1.17 bits per heavy atom. The van der Waals surface area contributed by atoms with Crippen LogP contribution in [0.4, 0.5) is 8.78 Å². The van der Waals surface area contributed by atoms with Crippen molar-refractivity contribution in [1.29, 1.82) is 0 Å². The fraction of sp³-hybridized carbons (Fsp3) is 0.333. The fourth-order valence-corrected chi connectivity index (χ4v) is 3.25. The number of alkyl halides is 2. The maximum Gasteiger partial charge on any atom is 0.321 e. The largest absolute Gasteiger partial charge is 0.477 e. The Balaban J connectivity index is 1.53. The normalized spacial score (nSPS) is 18.1. The van der Waals surface area contributed by atoms with Crippen molar-refractivity contribution in [2.45, 2.75) is 32.7 Å². The number of hydrogen-bond donors (Lipinski definition) is 0. The standard InChI is InChI=1S/C21H20F2N4O2/c1-12-3-5-18(25-8-12)16-7-15(16)11-29-20-17(9-24-13(2)26-20)14-4-6-19(28)27(10-14)21(22)23/h3-6,8-10,15-16,21H,7,11H2,1-2H3/t15-,16+/m1/s1. The van der Waals surface area contributed by atoms with Gasteiger partial charge in [0.1, 0.15) is 5.82 Å². The van der Waals surface area contributed by atoms with Crippen LogP contribution in [0.3, 0.4) is 0 Å². The maximum absolute atomic E-state index is 13.1. The van der Waals surface area contributed by atoms with Gasteiger partial charge >= 0.3 is 6.55 Å². The summed E-state index contributed by atoms with van der Waals surface area (Å²) in [5.41, 5.74) is 2.26. The summed E-state index contributed by atoms with van der Waals surface area (Å²) in [7, 11) is 0. The number of aryl methyl sites for hydroxylation is 2. The van der Waals surface area contributed by atoms with Gasteiger partial charge in [0.2, 0.25) is 5.88 Å². The van der Waals surface area contributed by atoms with Crippen molar-refractivity contribution >= 4 is 0 Å². The van der Waals surface area contributed by atoms with Gasteiger partial charge in [-0.05, 0) is 38.0 Å². The quantitative estimate of drug-likeness (QED) is 0.630. The maximum atomic E-state index is 13.1. The summed E-state index contributed by atoms with van der Waals surface area (Å²) in [6, 6.07) is 6.65. The number of ether oxygens (including phenoxy) is 1. The molecule has 150 valence electrons. The Labute approximate surface area is 166 Å². The lowest BCUT2D eigenvalue weighted by molar-refractivity contribution is 0.0665. The number of hydrogen-bond acceptors (Lipinski definition) is 5. The first-order valence-corrected chi connectivity index (χ1v) is 9.32. The highest BCUT2D eigenvalue weighted by atomic mass is 19.3. The molecule has 8 heteroatoms. The van der Waals surface area contributed by atoms with Crippen molar-refractivity contribution in [2.75, 3.05) is 6.61 Å². The van der Waals surface area contributed by atoms with Gasteiger partial charge in [-0.1, -0.05) is 6.07 Å². The molecule has 6 nitrogen and oxygen atoms in total. The van der Waals surface area contributed by atoms with Crippen molar-refractivity contribution < 1.29 is 13.5 Å². The zero-order valence-electron chi connectivity index (χ0n) is 16.0. The van der Waals surface area contributed by atoms with Crippen LogP contribution in [0.2, 0.25) is 0 Å². The highest BCUT2D eigenvalue weighted by Gasteiger charge is 2.40. The molecule has 3 heterocycles. The van der Waals surface area contributed by atoms with Crippen LogP contribution in [0.25, 0.3) is 11.1 Å². The van der Waals surface area contributed by atoms with Crippen LogP contribution in [-0.2, 0) is 0 Å². The highest BCUT2D eigenvalue weighted by molar-refractivity contribution is 5.66. The molecule has 4 rings (SSSR count). The molecule has 0 bridgehead atoms. The molecule has 1 aliphatic carbocycles. The van der Waals surface area contributed by atoms with Crippen molar-refractivity contribution in [3.8, 4) is 17.0 Å². The molecule has 1 saturated carbocycles. The zero-order valence-corrected chi connectivity index (χ0v) is 16.0. The summed E-state index contributed by atoms with van der Waals surface area (Å²) in [4.78, 5) is 24.6. The minimum atomic E-state index is -2.92. The van der Waals surface area contributed by atoms with Gasteiger partial charge in [0.05, 0.1) is 12.2 Å². The number of rotatable bonds is 6. The first-order valence-electron chi connectivity index (χ1n) is 9.32. The molecule has 3 aromatic heterocycles. The fourth-order valence-electron chi connectivity index (χ4n) is 3.25. The summed E-state index contributed by atoms with van der Waals surface area (Å²) < 4.78 is 32.5. The number of pyridine rings is 2. The first kappa shape index (κ1) is 19.2. The third kappa shape index (κ3) is 4.16. The summed E-state index contributed by atoms with van der Waals surface area (Å²) >= 11 is 0. The van der Waals surface area contributed by atoms with E-state index in [1.807, 2.05) is 25.3 Å². The highest BCUT2D eigenvalue weighted by Crippen LogP contribution is 2.47. The third-order valence-corrected chi connectivity index (χ3v) is 5.00. The van der Waals surface area contributed by atoms with Crippen LogP contribution < -0.4 is 10.3 Å². The van der Waals surface area contributed by atoms with Crippen LogP contribution in [-0.4, -0.2) is 26.1 Å². The second-order valence-corrected chi connectivity index (χ2v) is 7.25. The molecule has 29 heavy (non-hydrogen) atoms. The van der Waals surface area contributed by atoms with Crippen molar-refractivity contribution in [2.24, 2.45) is 5.92 Å². The number of halogens is 2.